The molecule has 4 nitrogen and oxygen atoms in total. The first-order valence-corrected chi connectivity index (χ1v) is 7.69. The molecule has 0 aliphatic heterocycles. The zero-order chi connectivity index (χ0) is 15.4. The normalized spacial score (nSPS) is 20.0. The van der Waals surface area contributed by atoms with Gasteiger partial charge < -0.3 is 10.2 Å². The molecule has 1 aromatic carbocycles. The molecule has 0 radical (unpaired) electrons. The van der Waals surface area contributed by atoms with E-state index in [1.54, 1.807) is 17.0 Å². The molecule has 2 amide bonds. The number of likely N-dealkylation sites (N-methyl/N-ethyl adjacent to an activating group) is 1. The fourth-order valence-electron chi connectivity index (χ4n) is 2.28. The van der Waals surface area contributed by atoms with Crippen LogP contribution in [0.15, 0.2) is 24.3 Å². The van der Waals surface area contributed by atoms with Crippen molar-refractivity contribution in [2.24, 2.45) is 11.8 Å². The van der Waals surface area contributed by atoms with Gasteiger partial charge in [-0.3, -0.25) is 9.59 Å². The van der Waals surface area contributed by atoms with Gasteiger partial charge in [0.1, 0.15) is 0 Å². The number of carbonyl (C=O) groups is 2. The van der Waals surface area contributed by atoms with Gasteiger partial charge in [0.05, 0.1) is 6.54 Å². The number of nitrogens with zero attached hydrogens (tertiary/aromatic N) is 1. The number of hydrogen-bond donors (Lipinski definition) is 1. The highest BCUT2D eigenvalue weighted by molar-refractivity contribution is 6.30. The van der Waals surface area contributed by atoms with Gasteiger partial charge in [0.25, 0.3) is 0 Å². The van der Waals surface area contributed by atoms with E-state index in [0.29, 0.717) is 24.0 Å². The number of benzene rings is 1. The van der Waals surface area contributed by atoms with Crippen molar-refractivity contribution in [2.45, 2.75) is 26.8 Å². The minimum atomic E-state index is -0.131. The standard InChI is InChI=1S/C16H21ClN2O2/c1-3-19(16(21)14-8-11(14)2)10-15(20)18-9-12-4-6-13(17)7-5-12/h4-7,11,14H,3,8-10H2,1-2H3,(H,18,20)/t11-,14-/m0/s1. The molecule has 0 spiro atoms. The Bertz CT molecular complexity index is 516. The van der Waals surface area contributed by atoms with Crippen LogP contribution in [0.4, 0.5) is 0 Å². The lowest BCUT2D eigenvalue weighted by atomic mass is 10.2. The first-order chi connectivity index (χ1) is 10.0. The summed E-state index contributed by atoms with van der Waals surface area (Å²) < 4.78 is 0. The second-order valence-electron chi connectivity index (χ2n) is 5.58. The molecule has 114 valence electrons. The molecule has 1 aliphatic rings. The first-order valence-electron chi connectivity index (χ1n) is 7.31. The molecule has 1 fully saturated rings. The highest BCUT2D eigenvalue weighted by Crippen LogP contribution is 2.39. The number of nitrogens with one attached hydrogen (secondary N) is 1. The summed E-state index contributed by atoms with van der Waals surface area (Å²) in [4.78, 5) is 25.7. The predicted molar refractivity (Wildman–Crippen MR) is 82.8 cm³/mol. The zero-order valence-electron chi connectivity index (χ0n) is 12.4. The highest BCUT2D eigenvalue weighted by atomic mass is 35.5. The second-order valence-corrected chi connectivity index (χ2v) is 6.01. The molecule has 1 saturated carbocycles. The van der Waals surface area contributed by atoms with Gasteiger partial charge in [-0.15, -0.1) is 0 Å². The maximum Gasteiger partial charge on any atom is 0.239 e. The van der Waals surface area contributed by atoms with Crippen molar-refractivity contribution in [1.29, 1.82) is 0 Å². The average Bonchev–Trinajstić information content (AvgIpc) is 3.20. The summed E-state index contributed by atoms with van der Waals surface area (Å²) in [6, 6.07) is 7.33. The number of carbonyl (C=O) groups excluding carboxylic acids is 2. The lowest BCUT2D eigenvalue weighted by Gasteiger charge is -2.20. The lowest BCUT2D eigenvalue weighted by Crippen LogP contribution is -2.41. The third-order valence-corrected chi connectivity index (χ3v) is 4.11. The average molecular weight is 309 g/mol. The van der Waals surface area contributed by atoms with Crippen LogP contribution in [0.2, 0.25) is 5.02 Å². The van der Waals surface area contributed by atoms with Gasteiger partial charge in [0.2, 0.25) is 11.8 Å². The molecule has 1 aromatic rings. The Balaban J connectivity index is 1.80. The van der Waals surface area contributed by atoms with Gasteiger partial charge in [0, 0.05) is 24.0 Å². The molecule has 2 atom stereocenters. The molecule has 5 heteroatoms. The Morgan fingerprint density at radius 2 is 1.95 bits per heavy atom. The van der Waals surface area contributed by atoms with Crippen molar-refractivity contribution in [3.63, 3.8) is 0 Å². The molecule has 2 rings (SSSR count). The predicted octanol–water partition coefficient (Wildman–Crippen LogP) is 2.46. The van der Waals surface area contributed by atoms with Crippen LogP contribution in [0.25, 0.3) is 0 Å². The molecular weight excluding hydrogens is 288 g/mol. The molecule has 0 aromatic heterocycles. The minimum absolute atomic E-state index is 0.103. The van der Waals surface area contributed by atoms with Gasteiger partial charge in [-0.1, -0.05) is 30.7 Å². The van der Waals surface area contributed by atoms with E-state index < -0.39 is 0 Å². The maximum atomic E-state index is 12.1. The summed E-state index contributed by atoms with van der Waals surface area (Å²) >= 11 is 5.81. The van der Waals surface area contributed by atoms with E-state index in [-0.39, 0.29) is 24.3 Å². The Morgan fingerprint density at radius 1 is 1.33 bits per heavy atom. The van der Waals surface area contributed by atoms with E-state index in [0.717, 1.165) is 12.0 Å². The van der Waals surface area contributed by atoms with E-state index in [1.807, 2.05) is 19.1 Å². The van der Waals surface area contributed by atoms with Crippen molar-refractivity contribution in [3.05, 3.63) is 34.9 Å². The third kappa shape index (κ3) is 4.46. The highest BCUT2D eigenvalue weighted by Gasteiger charge is 2.41. The molecular formula is C16H21ClN2O2. The van der Waals surface area contributed by atoms with E-state index in [4.69, 9.17) is 11.6 Å². The first kappa shape index (κ1) is 15.8. The monoisotopic (exact) mass is 308 g/mol. The van der Waals surface area contributed by atoms with Crippen LogP contribution in [-0.2, 0) is 16.1 Å². The smallest absolute Gasteiger partial charge is 0.239 e. The van der Waals surface area contributed by atoms with Gasteiger partial charge in [-0.05, 0) is 37.0 Å². The van der Waals surface area contributed by atoms with Gasteiger partial charge in [-0.25, -0.2) is 0 Å². The van der Waals surface area contributed by atoms with Crippen LogP contribution in [-0.4, -0.2) is 29.8 Å². The van der Waals surface area contributed by atoms with Crippen LogP contribution >= 0.6 is 11.6 Å². The fourth-order valence-corrected chi connectivity index (χ4v) is 2.40. The number of rotatable bonds is 6. The molecule has 1 N–H and O–H groups in total. The molecule has 0 unspecified atom stereocenters. The topological polar surface area (TPSA) is 49.4 Å². The lowest BCUT2D eigenvalue weighted by molar-refractivity contribution is -0.137. The summed E-state index contributed by atoms with van der Waals surface area (Å²) in [6.45, 7) is 5.11. The molecule has 1 aliphatic carbocycles. The van der Waals surface area contributed by atoms with E-state index in [9.17, 15) is 9.59 Å². The Kier molecular flexibility index (Phi) is 5.23. The third-order valence-electron chi connectivity index (χ3n) is 3.86. The van der Waals surface area contributed by atoms with Crippen molar-refractivity contribution < 1.29 is 9.59 Å². The van der Waals surface area contributed by atoms with Crippen molar-refractivity contribution in [2.75, 3.05) is 13.1 Å². The number of amides is 2. The van der Waals surface area contributed by atoms with Crippen molar-refractivity contribution in [1.82, 2.24) is 10.2 Å². The second kappa shape index (κ2) is 6.94. The summed E-state index contributed by atoms with van der Waals surface area (Å²) in [6.07, 6.45) is 0.946. The van der Waals surface area contributed by atoms with Crippen LogP contribution < -0.4 is 5.32 Å². The number of hydrogen-bond acceptors (Lipinski definition) is 2. The van der Waals surface area contributed by atoms with E-state index in [1.165, 1.54) is 0 Å². The van der Waals surface area contributed by atoms with Crippen LogP contribution in [0.1, 0.15) is 25.8 Å². The van der Waals surface area contributed by atoms with Crippen LogP contribution in [0.3, 0.4) is 0 Å². The van der Waals surface area contributed by atoms with Gasteiger partial charge in [-0.2, -0.15) is 0 Å². The molecule has 21 heavy (non-hydrogen) atoms. The molecule has 0 heterocycles. The largest absolute Gasteiger partial charge is 0.350 e. The van der Waals surface area contributed by atoms with Crippen molar-refractivity contribution >= 4 is 23.4 Å². The summed E-state index contributed by atoms with van der Waals surface area (Å²) in [5.74, 6) is 0.554. The van der Waals surface area contributed by atoms with Gasteiger partial charge in [0.15, 0.2) is 0 Å². The quantitative estimate of drug-likeness (QED) is 0.877. The van der Waals surface area contributed by atoms with E-state index >= 15 is 0 Å². The summed E-state index contributed by atoms with van der Waals surface area (Å²) in [5, 5.41) is 3.51. The zero-order valence-corrected chi connectivity index (χ0v) is 13.2. The molecule has 0 bridgehead atoms. The maximum absolute atomic E-state index is 12.1. The minimum Gasteiger partial charge on any atom is -0.350 e. The SMILES string of the molecule is CCN(CC(=O)NCc1ccc(Cl)cc1)C(=O)[C@H]1C[C@@H]1C. The summed E-state index contributed by atoms with van der Waals surface area (Å²) in [5.41, 5.74) is 0.984. The van der Waals surface area contributed by atoms with E-state index in [2.05, 4.69) is 12.2 Å². The fraction of sp³-hybridized carbons (Fsp3) is 0.500. The number of halogens is 1. The Morgan fingerprint density at radius 3 is 2.48 bits per heavy atom. The Hall–Kier alpha value is -1.55. The van der Waals surface area contributed by atoms with Crippen molar-refractivity contribution in [3.8, 4) is 0 Å². The summed E-state index contributed by atoms with van der Waals surface area (Å²) in [7, 11) is 0. The van der Waals surface area contributed by atoms with Crippen LogP contribution in [0, 0.1) is 11.8 Å². The van der Waals surface area contributed by atoms with Crippen LogP contribution in [0.5, 0.6) is 0 Å². The van der Waals surface area contributed by atoms with Gasteiger partial charge >= 0.3 is 0 Å². The molecule has 0 saturated heterocycles. The Labute approximate surface area is 130 Å².